The Morgan fingerprint density at radius 1 is 1.45 bits per heavy atom. The summed E-state index contributed by atoms with van der Waals surface area (Å²) in [7, 11) is 0. The van der Waals surface area contributed by atoms with Crippen molar-refractivity contribution in [1.29, 1.82) is 0 Å². The Labute approximate surface area is 120 Å². The minimum atomic E-state index is -0.101. The maximum absolute atomic E-state index is 12.5. The summed E-state index contributed by atoms with van der Waals surface area (Å²) in [5, 5.41) is 3.29. The number of nitrogens with one attached hydrogen (secondary N) is 1. The fourth-order valence-corrected chi connectivity index (χ4v) is 2.98. The number of aromatic amines is 1. The monoisotopic (exact) mass is 285 g/mol. The number of H-pyrrole nitrogens is 1. The van der Waals surface area contributed by atoms with E-state index in [1.54, 1.807) is 6.20 Å². The number of nitrogens with zero attached hydrogens (tertiary/aromatic N) is 1. The number of hydrogen-bond acceptors (Lipinski definition) is 4. The van der Waals surface area contributed by atoms with Crippen molar-refractivity contribution in [2.45, 2.75) is 19.4 Å². The van der Waals surface area contributed by atoms with Gasteiger partial charge in [0, 0.05) is 28.5 Å². The van der Waals surface area contributed by atoms with Crippen LogP contribution in [0.5, 0.6) is 0 Å². The zero-order chi connectivity index (χ0) is 14.1. The minimum absolute atomic E-state index is 0.0537. The molecule has 2 aromatic heterocycles. The first-order valence-electron chi connectivity index (χ1n) is 6.52. The van der Waals surface area contributed by atoms with Crippen LogP contribution in [0.15, 0.2) is 35.8 Å². The third-order valence-electron chi connectivity index (χ3n) is 3.37. The number of nitrogens with two attached hydrogens (primary N) is 1. The van der Waals surface area contributed by atoms with E-state index >= 15 is 0 Å². The predicted molar refractivity (Wildman–Crippen MR) is 81.1 cm³/mol. The second kappa shape index (κ2) is 5.19. The molecule has 0 bridgehead atoms. The number of ketones is 1. The number of hydrogen-bond donors (Lipinski definition) is 2. The number of carbonyl (C=O) groups excluding carboxylic acids is 1. The van der Waals surface area contributed by atoms with Gasteiger partial charge in [0.05, 0.1) is 11.3 Å². The van der Waals surface area contributed by atoms with Crippen molar-refractivity contribution in [3.05, 3.63) is 52.1 Å². The molecule has 0 fully saturated rings. The predicted octanol–water partition coefficient (Wildman–Crippen LogP) is 3.27. The average Bonchev–Trinajstić information content (AvgIpc) is 3.12. The summed E-state index contributed by atoms with van der Waals surface area (Å²) >= 11 is 1.35. The second-order valence-corrected chi connectivity index (χ2v) is 5.53. The van der Waals surface area contributed by atoms with Gasteiger partial charge in [0.25, 0.3) is 0 Å². The van der Waals surface area contributed by atoms with E-state index in [4.69, 9.17) is 5.73 Å². The lowest BCUT2D eigenvalue weighted by molar-refractivity contribution is 0.103. The van der Waals surface area contributed by atoms with E-state index in [0.29, 0.717) is 10.6 Å². The molecule has 0 radical (unpaired) electrons. The van der Waals surface area contributed by atoms with Gasteiger partial charge in [0.1, 0.15) is 0 Å². The molecule has 1 aromatic carbocycles. The van der Waals surface area contributed by atoms with Crippen LogP contribution < -0.4 is 5.73 Å². The van der Waals surface area contributed by atoms with Gasteiger partial charge in [0.15, 0.2) is 5.01 Å². The van der Waals surface area contributed by atoms with Gasteiger partial charge in [-0.3, -0.25) is 4.79 Å². The van der Waals surface area contributed by atoms with Crippen LogP contribution in [0, 0.1) is 0 Å². The van der Waals surface area contributed by atoms with Crippen LogP contribution in [-0.4, -0.2) is 15.8 Å². The number of fused-ring (bicyclic) bond motifs is 1. The van der Waals surface area contributed by atoms with E-state index in [9.17, 15) is 4.79 Å². The first-order valence-corrected chi connectivity index (χ1v) is 7.40. The second-order valence-electron chi connectivity index (χ2n) is 4.67. The van der Waals surface area contributed by atoms with E-state index in [1.807, 2.05) is 36.6 Å². The Morgan fingerprint density at radius 3 is 3.05 bits per heavy atom. The molecule has 3 N–H and O–H groups in total. The van der Waals surface area contributed by atoms with Crippen molar-refractivity contribution >= 4 is 28.0 Å². The molecular formula is C15H15N3OS. The standard InChI is InChI=1S/C15H15N3OS/c1-2-11(16)13-8-20-15(18-13)14(19)10-7-17-12-6-4-3-5-9(10)12/h3-8,11,17H,2,16H2,1H3/t11-/m1/s1. The maximum atomic E-state index is 12.5. The fourth-order valence-electron chi connectivity index (χ4n) is 2.14. The first kappa shape index (κ1) is 13.0. The Balaban J connectivity index is 1.98. The molecule has 2 heterocycles. The fraction of sp³-hybridized carbons (Fsp3) is 0.200. The van der Waals surface area contributed by atoms with E-state index in [0.717, 1.165) is 23.0 Å². The van der Waals surface area contributed by atoms with Crippen LogP contribution in [0.1, 0.15) is 40.4 Å². The lowest BCUT2D eigenvalue weighted by Crippen LogP contribution is -2.09. The number of rotatable bonds is 4. The number of para-hydroxylation sites is 1. The molecule has 1 atom stereocenters. The van der Waals surface area contributed by atoms with Crippen LogP contribution in [0.4, 0.5) is 0 Å². The number of benzene rings is 1. The SMILES string of the molecule is CC[C@@H](N)c1csc(C(=O)c2c[nH]c3ccccc23)n1. The molecule has 0 spiro atoms. The number of carbonyl (C=O) groups is 1. The Bertz CT molecular complexity index is 759. The molecule has 0 unspecified atom stereocenters. The summed E-state index contributed by atoms with van der Waals surface area (Å²) in [6.45, 7) is 2.01. The molecule has 4 nitrogen and oxygen atoms in total. The van der Waals surface area contributed by atoms with Crippen molar-refractivity contribution < 1.29 is 4.79 Å². The third kappa shape index (κ3) is 2.15. The van der Waals surface area contributed by atoms with E-state index in [2.05, 4.69) is 9.97 Å². The van der Waals surface area contributed by atoms with Crippen LogP contribution in [0.3, 0.4) is 0 Å². The lowest BCUT2D eigenvalue weighted by atomic mass is 10.1. The molecule has 0 amide bonds. The smallest absolute Gasteiger partial charge is 0.223 e. The Hall–Kier alpha value is -1.98. The molecule has 0 aliphatic heterocycles. The lowest BCUT2D eigenvalue weighted by Gasteiger charge is -2.02. The van der Waals surface area contributed by atoms with Crippen molar-refractivity contribution in [3.63, 3.8) is 0 Å². The molecule has 0 saturated carbocycles. The molecule has 5 heteroatoms. The number of aromatic nitrogens is 2. The maximum Gasteiger partial charge on any atom is 0.223 e. The highest BCUT2D eigenvalue weighted by Crippen LogP contribution is 2.24. The topological polar surface area (TPSA) is 71.8 Å². The molecule has 0 aliphatic carbocycles. The third-order valence-corrected chi connectivity index (χ3v) is 4.23. The van der Waals surface area contributed by atoms with Gasteiger partial charge >= 0.3 is 0 Å². The van der Waals surface area contributed by atoms with Crippen molar-refractivity contribution in [2.24, 2.45) is 5.73 Å². The van der Waals surface area contributed by atoms with Gasteiger partial charge in [0.2, 0.25) is 5.78 Å². The quantitative estimate of drug-likeness (QED) is 0.723. The van der Waals surface area contributed by atoms with Gasteiger partial charge in [-0.2, -0.15) is 0 Å². The summed E-state index contributed by atoms with van der Waals surface area (Å²) in [6.07, 6.45) is 2.55. The van der Waals surface area contributed by atoms with Gasteiger partial charge in [-0.15, -0.1) is 11.3 Å². The van der Waals surface area contributed by atoms with Crippen LogP contribution in [-0.2, 0) is 0 Å². The van der Waals surface area contributed by atoms with Crippen molar-refractivity contribution in [3.8, 4) is 0 Å². The summed E-state index contributed by atoms with van der Waals surface area (Å²) in [4.78, 5) is 20.0. The van der Waals surface area contributed by atoms with Crippen LogP contribution in [0.25, 0.3) is 10.9 Å². The number of thiazole rings is 1. The van der Waals surface area contributed by atoms with Crippen LogP contribution in [0.2, 0.25) is 0 Å². The largest absolute Gasteiger partial charge is 0.360 e. The Morgan fingerprint density at radius 2 is 2.25 bits per heavy atom. The summed E-state index contributed by atoms with van der Waals surface area (Å²) in [5.74, 6) is -0.0537. The van der Waals surface area contributed by atoms with Gasteiger partial charge in [-0.25, -0.2) is 4.98 Å². The molecule has 3 aromatic rings. The molecular weight excluding hydrogens is 270 g/mol. The molecule has 0 saturated heterocycles. The summed E-state index contributed by atoms with van der Waals surface area (Å²) in [6, 6.07) is 7.65. The van der Waals surface area contributed by atoms with Gasteiger partial charge in [-0.1, -0.05) is 25.1 Å². The molecule has 20 heavy (non-hydrogen) atoms. The molecule has 102 valence electrons. The normalized spacial score (nSPS) is 12.7. The highest BCUT2D eigenvalue weighted by molar-refractivity contribution is 7.12. The zero-order valence-electron chi connectivity index (χ0n) is 11.1. The first-order chi connectivity index (χ1) is 9.70. The van der Waals surface area contributed by atoms with Crippen molar-refractivity contribution in [2.75, 3.05) is 0 Å². The minimum Gasteiger partial charge on any atom is -0.360 e. The molecule has 0 aliphatic rings. The molecule has 3 rings (SSSR count). The van der Waals surface area contributed by atoms with Crippen LogP contribution >= 0.6 is 11.3 Å². The van der Waals surface area contributed by atoms with E-state index in [1.165, 1.54) is 11.3 Å². The van der Waals surface area contributed by atoms with E-state index in [-0.39, 0.29) is 11.8 Å². The summed E-state index contributed by atoms with van der Waals surface area (Å²) < 4.78 is 0. The van der Waals surface area contributed by atoms with Gasteiger partial charge in [-0.05, 0) is 12.5 Å². The highest BCUT2D eigenvalue weighted by Gasteiger charge is 2.18. The summed E-state index contributed by atoms with van der Waals surface area (Å²) in [5.41, 5.74) is 8.35. The van der Waals surface area contributed by atoms with Crippen molar-refractivity contribution in [1.82, 2.24) is 9.97 Å². The van der Waals surface area contributed by atoms with Gasteiger partial charge < -0.3 is 10.7 Å². The average molecular weight is 285 g/mol. The highest BCUT2D eigenvalue weighted by atomic mass is 32.1. The zero-order valence-corrected chi connectivity index (χ0v) is 11.9. The van der Waals surface area contributed by atoms with E-state index < -0.39 is 0 Å². The Kier molecular flexibility index (Phi) is 3.38.